The molecule has 0 radical (unpaired) electrons. The van der Waals surface area contributed by atoms with Gasteiger partial charge >= 0.3 is 12.1 Å². The van der Waals surface area contributed by atoms with Crippen molar-refractivity contribution < 1.29 is 27.9 Å². The zero-order valence-corrected chi connectivity index (χ0v) is 17.5. The van der Waals surface area contributed by atoms with E-state index < -0.39 is 22.9 Å². The van der Waals surface area contributed by atoms with Crippen LogP contribution >= 0.6 is 11.3 Å². The van der Waals surface area contributed by atoms with Crippen molar-refractivity contribution >= 4 is 28.9 Å². The maximum absolute atomic E-state index is 13.5. The highest BCUT2D eigenvalue weighted by molar-refractivity contribution is 7.14. The van der Waals surface area contributed by atoms with Gasteiger partial charge in [0.05, 0.1) is 10.8 Å². The van der Waals surface area contributed by atoms with E-state index in [4.69, 9.17) is 5.11 Å². The van der Waals surface area contributed by atoms with Crippen LogP contribution in [0.15, 0.2) is 60.7 Å². The fraction of sp³-hybridized carbons (Fsp3) is 0.217. The van der Waals surface area contributed by atoms with Crippen LogP contribution < -0.4 is 5.32 Å². The van der Waals surface area contributed by atoms with Crippen LogP contribution in [-0.2, 0) is 17.5 Å². The molecule has 1 saturated heterocycles. The summed E-state index contributed by atoms with van der Waals surface area (Å²) in [6.07, 6.45) is -4.56. The van der Waals surface area contributed by atoms with Crippen LogP contribution in [0.25, 0.3) is 11.1 Å². The largest absolute Gasteiger partial charge is 0.481 e. The van der Waals surface area contributed by atoms with Gasteiger partial charge in [0.25, 0.3) is 5.91 Å². The summed E-state index contributed by atoms with van der Waals surface area (Å²) in [5.74, 6) is -1.74. The van der Waals surface area contributed by atoms with E-state index in [-0.39, 0.29) is 16.4 Å². The number of halogens is 3. The number of carbonyl (C=O) groups is 2. The van der Waals surface area contributed by atoms with Crippen LogP contribution in [0.2, 0.25) is 0 Å². The van der Waals surface area contributed by atoms with Gasteiger partial charge in [-0.2, -0.15) is 13.2 Å². The Balaban J connectivity index is 1.45. The lowest BCUT2D eigenvalue weighted by Gasteiger charge is -2.36. The van der Waals surface area contributed by atoms with E-state index in [9.17, 15) is 22.8 Å². The molecule has 0 unspecified atom stereocenters. The topological polar surface area (TPSA) is 69.6 Å². The van der Waals surface area contributed by atoms with Crippen LogP contribution in [0.3, 0.4) is 0 Å². The Hall–Kier alpha value is -3.17. The van der Waals surface area contributed by atoms with Crippen LogP contribution in [-0.4, -0.2) is 35.0 Å². The Morgan fingerprint density at radius 2 is 1.72 bits per heavy atom. The number of amides is 1. The molecule has 32 heavy (non-hydrogen) atoms. The minimum Gasteiger partial charge on any atom is -0.481 e. The van der Waals surface area contributed by atoms with E-state index in [1.165, 1.54) is 6.07 Å². The van der Waals surface area contributed by atoms with E-state index in [1.807, 2.05) is 4.90 Å². The molecular weight excluding hydrogens is 441 g/mol. The summed E-state index contributed by atoms with van der Waals surface area (Å²) < 4.78 is 40.6. The summed E-state index contributed by atoms with van der Waals surface area (Å²) in [6.45, 7) is 1.59. The molecule has 166 valence electrons. The molecule has 4 rings (SSSR count). The molecule has 2 N–H and O–H groups in total. The van der Waals surface area contributed by atoms with Crippen molar-refractivity contribution in [1.29, 1.82) is 0 Å². The average Bonchev–Trinajstić information content (AvgIpc) is 3.18. The van der Waals surface area contributed by atoms with Gasteiger partial charge in [0.2, 0.25) is 0 Å². The summed E-state index contributed by atoms with van der Waals surface area (Å²) >= 11 is 0.422. The van der Waals surface area contributed by atoms with Gasteiger partial charge in [-0.15, -0.1) is 11.3 Å². The quantitative estimate of drug-likeness (QED) is 0.530. The molecule has 1 aliphatic heterocycles. The second-order valence-corrected chi connectivity index (χ2v) is 8.65. The van der Waals surface area contributed by atoms with E-state index in [0.29, 0.717) is 42.2 Å². The third-order valence-electron chi connectivity index (χ3n) is 5.22. The van der Waals surface area contributed by atoms with Crippen LogP contribution in [0.4, 0.5) is 18.9 Å². The number of carboxylic acids is 1. The number of carboxylic acid groups (broad SMARTS) is 1. The van der Waals surface area contributed by atoms with Gasteiger partial charge in [0.15, 0.2) is 0 Å². The van der Waals surface area contributed by atoms with Crippen molar-refractivity contribution in [3.05, 3.63) is 76.0 Å². The first-order chi connectivity index (χ1) is 15.2. The molecule has 0 aliphatic carbocycles. The standard InChI is InChI=1S/C23H19F3N2O3S/c24-23(25,26)20-18(15-4-2-1-3-5-15)10-19(32-20)21(29)27-17-8-6-14(7-9-17)11-28-12-16(13-28)22(30)31/h1-10,16H,11-13H2,(H,27,29)(H,30,31). The smallest absolute Gasteiger partial charge is 0.426 e. The number of anilines is 1. The van der Waals surface area contributed by atoms with Gasteiger partial charge in [0.1, 0.15) is 4.88 Å². The number of hydrogen-bond donors (Lipinski definition) is 2. The number of nitrogens with zero attached hydrogens (tertiary/aromatic N) is 1. The van der Waals surface area contributed by atoms with Gasteiger partial charge in [-0.05, 0) is 29.3 Å². The van der Waals surface area contributed by atoms with E-state index >= 15 is 0 Å². The number of nitrogens with one attached hydrogen (secondary N) is 1. The van der Waals surface area contributed by atoms with Crippen LogP contribution in [0.5, 0.6) is 0 Å². The molecule has 0 atom stereocenters. The SMILES string of the molecule is O=C(Nc1ccc(CN2CC(C(=O)O)C2)cc1)c1cc(-c2ccccc2)c(C(F)(F)F)s1. The number of likely N-dealkylation sites (tertiary alicyclic amines) is 1. The molecule has 0 spiro atoms. The number of alkyl halides is 3. The lowest BCUT2D eigenvalue weighted by molar-refractivity contribution is -0.147. The molecular formula is C23H19F3N2O3S. The van der Waals surface area contributed by atoms with Crippen molar-refractivity contribution in [3.8, 4) is 11.1 Å². The van der Waals surface area contributed by atoms with Gasteiger partial charge in [0, 0.05) is 30.9 Å². The monoisotopic (exact) mass is 460 g/mol. The first-order valence-corrected chi connectivity index (χ1v) is 10.6. The number of hydrogen-bond acceptors (Lipinski definition) is 4. The molecule has 0 saturated carbocycles. The Labute approximate surface area is 186 Å². The number of carbonyl (C=O) groups excluding carboxylic acids is 1. The maximum atomic E-state index is 13.5. The first-order valence-electron chi connectivity index (χ1n) is 9.82. The highest BCUT2D eigenvalue weighted by Gasteiger charge is 2.37. The second-order valence-electron chi connectivity index (χ2n) is 7.60. The number of benzene rings is 2. The van der Waals surface area contributed by atoms with Gasteiger partial charge in [-0.25, -0.2) is 0 Å². The zero-order chi connectivity index (χ0) is 22.9. The van der Waals surface area contributed by atoms with Gasteiger partial charge in [-0.3, -0.25) is 14.5 Å². The Morgan fingerprint density at radius 1 is 1.06 bits per heavy atom. The number of aliphatic carboxylic acids is 1. The summed E-state index contributed by atoms with van der Waals surface area (Å²) in [5.41, 5.74) is 1.80. The fourth-order valence-electron chi connectivity index (χ4n) is 3.55. The van der Waals surface area contributed by atoms with Crippen molar-refractivity contribution in [2.75, 3.05) is 18.4 Å². The van der Waals surface area contributed by atoms with E-state index in [0.717, 1.165) is 5.56 Å². The Bertz CT molecular complexity index is 1120. The molecule has 0 bridgehead atoms. The molecule has 2 heterocycles. The highest BCUT2D eigenvalue weighted by Crippen LogP contribution is 2.42. The van der Waals surface area contributed by atoms with Crippen molar-refractivity contribution in [2.45, 2.75) is 12.7 Å². The molecule has 1 fully saturated rings. The number of rotatable bonds is 6. The number of thiophene rings is 1. The third kappa shape index (κ3) is 4.84. The first kappa shape index (κ1) is 22.0. The molecule has 2 aromatic carbocycles. The minimum absolute atomic E-state index is 0.0159. The zero-order valence-electron chi connectivity index (χ0n) is 16.7. The fourth-order valence-corrected chi connectivity index (χ4v) is 4.49. The summed E-state index contributed by atoms with van der Waals surface area (Å²) in [7, 11) is 0. The molecule has 1 aliphatic rings. The Kier molecular flexibility index (Phi) is 6.03. The summed E-state index contributed by atoms with van der Waals surface area (Å²) in [6, 6.07) is 16.4. The average molecular weight is 460 g/mol. The van der Waals surface area contributed by atoms with Crippen molar-refractivity contribution in [1.82, 2.24) is 4.90 Å². The van der Waals surface area contributed by atoms with E-state index in [2.05, 4.69) is 5.32 Å². The van der Waals surface area contributed by atoms with Gasteiger partial charge in [-0.1, -0.05) is 42.5 Å². The summed E-state index contributed by atoms with van der Waals surface area (Å²) in [4.78, 5) is 24.7. The predicted octanol–water partition coefficient (Wildman–Crippen LogP) is 5.20. The normalized spacial score (nSPS) is 14.7. The highest BCUT2D eigenvalue weighted by atomic mass is 32.1. The minimum atomic E-state index is -4.56. The van der Waals surface area contributed by atoms with E-state index in [1.54, 1.807) is 54.6 Å². The second kappa shape index (κ2) is 8.76. The molecule has 9 heteroatoms. The molecule has 3 aromatic rings. The third-order valence-corrected chi connectivity index (χ3v) is 6.40. The molecule has 1 aromatic heterocycles. The molecule has 5 nitrogen and oxygen atoms in total. The molecule has 1 amide bonds. The van der Waals surface area contributed by atoms with Gasteiger partial charge < -0.3 is 10.4 Å². The maximum Gasteiger partial charge on any atom is 0.426 e. The Morgan fingerprint density at radius 3 is 2.31 bits per heavy atom. The van der Waals surface area contributed by atoms with Crippen LogP contribution in [0.1, 0.15) is 20.1 Å². The predicted molar refractivity (Wildman–Crippen MR) is 116 cm³/mol. The van der Waals surface area contributed by atoms with Crippen molar-refractivity contribution in [2.24, 2.45) is 5.92 Å². The lowest BCUT2D eigenvalue weighted by Crippen LogP contribution is -2.49. The summed E-state index contributed by atoms with van der Waals surface area (Å²) in [5, 5.41) is 11.6. The lowest BCUT2D eigenvalue weighted by atomic mass is 9.99. The van der Waals surface area contributed by atoms with Crippen LogP contribution in [0, 0.1) is 5.92 Å². The van der Waals surface area contributed by atoms with Crippen molar-refractivity contribution in [3.63, 3.8) is 0 Å².